The Labute approximate surface area is 165 Å². The molecule has 0 aliphatic heterocycles. The van der Waals surface area contributed by atoms with Crippen molar-refractivity contribution in [1.82, 2.24) is 0 Å². The summed E-state index contributed by atoms with van der Waals surface area (Å²) in [7, 11) is 0. The highest BCUT2D eigenvalue weighted by atomic mass is 16.3. The third-order valence-corrected chi connectivity index (χ3v) is 8.39. The molecule has 0 heterocycles. The third-order valence-electron chi connectivity index (χ3n) is 8.39. The first-order valence-corrected chi connectivity index (χ1v) is 11.5. The average Bonchev–Trinajstić information content (AvgIpc) is 2.63. The van der Waals surface area contributed by atoms with Gasteiger partial charge in [-0.2, -0.15) is 0 Å². The standard InChI is InChI=1S/C23H42O4/c1-13-8-16(4-6-20(13)24)10-18-12-19(23(27)15(3)22(18)26)11-17-5-7-21(25)14(2)9-17/h13-27H,4-12H2,1-3H3. The summed E-state index contributed by atoms with van der Waals surface area (Å²) in [6, 6.07) is 0. The number of rotatable bonds is 4. The Balaban J connectivity index is 1.58. The Morgan fingerprint density at radius 2 is 1.00 bits per heavy atom. The monoisotopic (exact) mass is 382 g/mol. The molecule has 0 radical (unpaired) electrons. The lowest BCUT2D eigenvalue weighted by atomic mass is 9.64. The van der Waals surface area contributed by atoms with Gasteiger partial charge in [0.15, 0.2) is 0 Å². The Morgan fingerprint density at radius 1 is 0.593 bits per heavy atom. The Bertz CT molecular complexity index is 429. The van der Waals surface area contributed by atoms with Crippen LogP contribution in [0.25, 0.3) is 0 Å². The van der Waals surface area contributed by atoms with Crippen LogP contribution in [-0.2, 0) is 0 Å². The molecule has 3 rings (SSSR count). The van der Waals surface area contributed by atoms with E-state index in [1.54, 1.807) is 0 Å². The van der Waals surface area contributed by atoms with E-state index >= 15 is 0 Å². The molecule has 27 heavy (non-hydrogen) atoms. The first kappa shape index (κ1) is 21.5. The molecule has 10 atom stereocenters. The summed E-state index contributed by atoms with van der Waals surface area (Å²) in [5, 5.41) is 41.6. The van der Waals surface area contributed by atoms with Crippen molar-refractivity contribution in [1.29, 1.82) is 0 Å². The molecule has 0 bridgehead atoms. The van der Waals surface area contributed by atoms with Gasteiger partial charge in [0.2, 0.25) is 0 Å². The van der Waals surface area contributed by atoms with Crippen LogP contribution in [0.4, 0.5) is 0 Å². The van der Waals surface area contributed by atoms with E-state index in [4.69, 9.17) is 0 Å². The third kappa shape index (κ3) is 5.07. The molecule has 0 aromatic rings. The SMILES string of the molecule is CC1CC(CC2CC(CC3CCC(O)C(C)C3)C(O)C(C)C2O)CCC1O. The summed E-state index contributed by atoms with van der Waals surface area (Å²) in [4.78, 5) is 0. The van der Waals surface area contributed by atoms with Crippen molar-refractivity contribution in [2.45, 2.75) is 103 Å². The molecule has 0 aromatic heterocycles. The lowest BCUT2D eigenvalue weighted by Gasteiger charge is -2.45. The molecule has 0 aromatic carbocycles. The van der Waals surface area contributed by atoms with Crippen LogP contribution in [0.2, 0.25) is 0 Å². The molecular weight excluding hydrogens is 340 g/mol. The van der Waals surface area contributed by atoms with Crippen LogP contribution >= 0.6 is 0 Å². The molecular formula is C23H42O4. The zero-order valence-corrected chi connectivity index (χ0v) is 17.5. The topological polar surface area (TPSA) is 80.9 Å². The van der Waals surface area contributed by atoms with Gasteiger partial charge in [-0.15, -0.1) is 0 Å². The maximum Gasteiger partial charge on any atom is 0.0618 e. The predicted octanol–water partition coefficient (Wildman–Crippen LogP) is 3.35. The molecule has 10 unspecified atom stereocenters. The van der Waals surface area contributed by atoms with Gasteiger partial charge in [0.05, 0.1) is 24.4 Å². The number of hydrogen-bond acceptors (Lipinski definition) is 4. The second-order valence-corrected chi connectivity index (χ2v) is 10.5. The second kappa shape index (κ2) is 9.11. The molecule has 3 fully saturated rings. The van der Waals surface area contributed by atoms with Crippen molar-refractivity contribution in [2.24, 2.45) is 41.4 Å². The summed E-state index contributed by atoms with van der Waals surface area (Å²) in [5.41, 5.74) is 0. The molecule has 158 valence electrons. The Kier molecular flexibility index (Phi) is 7.27. The Morgan fingerprint density at radius 3 is 1.37 bits per heavy atom. The smallest absolute Gasteiger partial charge is 0.0618 e. The number of aliphatic hydroxyl groups excluding tert-OH is 4. The van der Waals surface area contributed by atoms with Crippen LogP contribution in [0.3, 0.4) is 0 Å². The van der Waals surface area contributed by atoms with Gasteiger partial charge in [-0.05, 0) is 93.3 Å². The predicted molar refractivity (Wildman–Crippen MR) is 107 cm³/mol. The van der Waals surface area contributed by atoms with Crippen LogP contribution in [0.1, 0.15) is 78.6 Å². The normalized spacial score (nSPS) is 51.9. The number of hydrogen-bond donors (Lipinski definition) is 4. The molecule has 0 amide bonds. The van der Waals surface area contributed by atoms with Crippen molar-refractivity contribution in [3.63, 3.8) is 0 Å². The van der Waals surface area contributed by atoms with Gasteiger partial charge >= 0.3 is 0 Å². The van der Waals surface area contributed by atoms with Gasteiger partial charge in [-0.25, -0.2) is 0 Å². The highest BCUT2D eigenvalue weighted by Crippen LogP contribution is 2.44. The first-order chi connectivity index (χ1) is 12.8. The fourth-order valence-electron chi connectivity index (χ4n) is 6.47. The van der Waals surface area contributed by atoms with Gasteiger partial charge < -0.3 is 20.4 Å². The summed E-state index contributed by atoms with van der Waals surface area (Å²) in [6.45, 7) is 6.29. The number of aliphatic hydroxyl groups is 4. The minimum Gasteiger partial charge on any atom is -0.393 e. The minimum absolute atomic E-state index is 0.0630. The van der Waals surface area contributed by atoms with E-state index in [1.807, 2.05) is 6.92 Å². The molecule has 0 saturated heterocycles. The van der Waals surface area contributed by atoms with Crippen LogP contribution < -0.4 is 0 Å². The van der Waals surface area contributed by atoms with Crippen molar-refractivity contribution in [3.05, 3.63) is 0 Å². The van der Waals surface area contributed by atoms with Crippen molar-refractivity contribution in [2.75, 3.05) is 0 Å². The van der Waals surface area contributed by atoms with E-state index in [-0.39, 0.29) is 30.0 Å². The first-order valence-electron chi connectivity index (χ1n) is 11.5. The second-order valence-electron chi connectivity index (χ2n) is 10.5. The summed E-state index contributed by atoms with van der Waals surface area (Å²) in [6.07, 6.45) is 7.87. The molecule has 4 N–H and O–H groups in total. The van der Waals surface area contributed by atoms with Gasteiger partial charge in [-0.3, -0.25) is 0 Å². The summed E-state index contributed by atoms with van der Waals surface area (Å²) < 4.78 is 0. The van der Waals surface area contributed by atoms with E-state index in [0.717, 1.165) is 57.8 Å². The van der Waals surface area contributed by atoms with E-state index in [2.05, 4.69) is 13.8 Å². The average molecular weight is 383 g/mol. The van der Waals surface area contributed by atoms with Crippen LogP contribution in [0.15, 0.2) is 0 Å². The van der Waals surface area contributed by atoms with E-state index < -0.39 is 12.2 Å². The fourth-order valence-corrected chi connectivity index (χ4v) is 6.47. The van der Waals surface area contributed by atoms with Crippen LogP contribution in [-0.4, -0.2) is 44.8 Å². The van der Waals surface area contributed by atoms with Gasteiger partial charge in [-0.1, -0.05) is 20.8 Å². The molecule has 3 aliphatic carbocycles. The Hall–Kier alpha value is -0.160. The molecule has 3 aliphatic rings. The van der Waals surface area contributed by atoms with Crippen LogP contribution in [0, 0.1) is 41.4 Å². The zero-order chi connectivity index (χ0) is 19.7. The molecule has 4 nitrogen and oxygen atoms in total. The van der Waals surface area contributed by atoms with Crippen molar-refractivity contribution < 1.29 is 20.4 Å². The van der Waals surface area contributed by atoms with E-state index in [0.29, 0.717) is 23.7 Å². The maximum atomic E-state index is 10.8. The minimum atomic E-state index is -0.412. The maximum absolute atomic E-state index is 10.8. The molecule has 3 saturated carbocycles. The lowest BCUT2D eigenvalue weighted by molar-refractivity contribution is -0.0965. The van der Waals surface area contributed by atoms with Crippen molar-refractivity contribution >= 4 is 0 Å². The lowest BCUT2D eigenvalue weighted by Crippen LogP contribution is -2.47. The van der Waals surface area contributed by atoms with Gasteiger partial charge in [0.25, 0.3) is 0 Å². The van der Waals surface area contributed by atoms with Gasteiger partial charge in [0.1, 0.15) is 0 Å². The van der Waals surface area contributed by atoms with Crippen LogP contribution in [0.5, 0.6) is 0 Å². The van der Waals surface area contributed by atoms with Gasteiger partial charge in [0, 0.05) is 5.92 Å². The fraction of sp³-hybridized carbons (Fsp3) is 1.00. The summed E-state index contributed by atoms with van der Waals surface area (Å²) in [5.74, 6) is 2.38. The molecule has 4 heteroatoms. The highest BCUT2D eigenvalue weighted by molar-refractivity contribution is 4.93. The summed E-state index contributed by atoms with van der Waals surface area (Å²) >= 11 is 0. The quantitative estimate of drug-likeness (QED) is 0.601. The van der Waals surface area contributed by atoms with Crippen molar-refractivity contribution in [3.8, 4) is 0 Å². The van der Waals surface area contributed by atoms with E-state index in [9.17, 15) is 20.4 Å². The molecule has 0 spiro atoms. The largest absolute Gasteiger partial charge is 0.393 e. The van der Waals surface area contributed by atoms with E-state index in [1.165, 1.54) is 0 Å². The highest BCUT2D eigenvalue weighted by Gasteiger charge is 2.43. The zero-order valence-electron chi connectivity index (χ0n) is 17.5.